The molecule has 2 aromatic carbocycles. The Labute approximate surface area is 163 Å². The number of thioether (sulfide) groups is 1. The lowest BCUT2D eigenvalue weighted by molar-refractivity contribution is 0.210. The standard InChI is InChI=1S/C24H32OS/c1-24(2,3)26-18-21-12-10-19(11-13-21)8-9-20-14-16-23(17-15-20)25-22-6-4-5-7-22/h10-17,22H,4-9,18H2,1-3H3. The van der Waals surface area contributed by atoms with Crippen molar-refractivity contribution in [3.63, 3.8) is 0 Å². The lowest BCUT2D eigenvalue weighted by atomic mass is 10.0. The molecule has 2 heteroatoms. The minimum Gasteiger partial charge on any atom is -0.490 e. The first-order chi connectivity index (χ1) is 12.5. The predicted molar refractivity (Wildman–Crippen MR) is 114 cm³/mol. The van der Waals surface area contributed by atoms with Crippen LogP contribution in [-0.2, 0) is 18.6 Å². The van der Waals surface area contributed by atoms with Gasteiger partial charge in [-0.1, -0.05) is 57.2 Å². The summed E-state index contributed by atoms with van der Waals surface area (Å²) in [7, 11) is 0. The van der Waals surface area contributed by atoms with Crippen molar-refractivity contribution in [2.24, 2.45) is 0 Å². The van der Waals surface area contributed by atoms with E-state index in [1.807, 2.05) is 11.8 Å². The second-order valence-corrected chi connectivity index (χ2v) is 10.2. The minimum absolute atomic E-state index is 0.326. The van der Waals surface area contributed by atoms with E-state index in [1.54, 1.807) is 0 Å². The molecule has 140 valence electrons. The fourth-order valence-corrected chi connectivity index (χ4v) is 4.12. The minimum atomic E-state index is 0.326. The van der Waals surface area contributed by atoms with E-state index in [1.165, 1.54) is 42.4 Å². The molecule has 1 nitrogen and oxygen atoms in total. The van der Waals surface area contributed by atoms with Crippen LogP contribution in [0.5, 0.6) is 5.75 Å². The third kappa shape index (κ3) is 6.39. The molecule has 1 aliphatic carbocycles. The molecule has 1 saturated carbocycles. The zero-order valence-electron chi connectivity index (χ0n) is 16.5. The molecule has 0 aromatic heterocycles. The quantitative estimate of drug-likeness (QED) is 0.530. The van der Waals surface area contributed by atoms with Crippen molar-refractivity contribution in [2.45, 2.75) is 75.9 Å². The van der Waals surface area contributed by atoms with Crippen LogP contribution in [0.2, 0.25) is 0 Å². The summed E-state index contributed by atoms with van der Waals surface area (Å²) in [6, 6.07) is 17.9. The van der Waals surface area contributed by atoms with Crippen LogP contribution in [0.4, 0.5) is 0 Å². The summed E-state index contributed by atoms with van der Waals surface area (Å²) in [5, 5.41) is 0. The van der Waals surface area contributed by atoms with Gasteiger partial charge in [-0.25, -0.2) is 0 Å². The average molecular weight is 369 g/mol. The Balaban J connectivity index is 1.46. The zero-order chi connectivity index (χ0) is 18.4. The molecule has 1 fully saturated rings. The molecule has 0 radical (unpaired) electrons. The molecule has 0 bridgehead atoms. The normalized spacial score (nSPS) is 15.3. The van der Waals surface area contributed by atoms with Crippen LogP contribution in [0.15, 0.2) is 48.5 Å². The SMILES string of the molecule is CC(C)(C)SCc1ccc(CCc2ccc(OC3CCCC3)cc2)cc1. The van der Waals surface area contributed by atoms with E-state index >= 15 is 0 Å². The number of aryl methyl sites for hydroxylation is 2. The van der Waals surface area contributed by atoms with Crippen molar-refractivity contribution in [3.8, 4) is 5.75 Å². The second kappa shape index (κ2) is 8.99. The van der Waals surface area contributed by atoms with Crippen LogP contribution in [-0.4, -0.2) is 10.9 Å². The Hall–Kier alpha value is -1.41. The molecular formula is C24H32OS. The van der Waals surface area contributed by atoms with E-state index in [0.717, 1.165) is 24.3 Å². The van der Waals surface area contributed by atoms with Crippen molar-refractivity contribution in [1.29, 1.82) is 0 Å². The van der Waals surface area contributed by atoms with Crippen LogP contribution < -0.4 is 4.74 Å². The molecule has 0 atom stereocenters. The van der Waals surface area contributed by atoms with E-state index in [4.69, 9.17) is 4.74 Å². The predicted octanol–water partition coefficient (Wildman–Crippen LogP) is 6.82. The number of hydrogen-bond donors (Lipinski definition) is 0. The maximum Gasteiger partial charge on any atom is 0.119 e. The molecular weight excluding hydrogens is 336 g/mol. The molecule has 0 heterocycles. The highest BCUT2D eigenvalue weighted by atomic mass is 32.2. The summed E-state index contributed by atoms with van der Waals surface area (Å²) < 4.78 is 6.38. The van der Waals surface area contributed by atoms with Gasteiger partial charge >= 0.3 is 0 Å². The lowest BCUT2D eigenvalue weighted by Gasteiger charge is -2.17. The van der Waals surface area contributed by atoms with Crippen molar-refractivity contribution in [1.82, 2.24) is 0 Å². The Morgan fingerprint density at radius 1 is 0.808 bits per heavy atom. The monoisotopic (exact) mass is 368 g/mol. The Morgan fingerprint density at radius 2 is 1.31 bits per heavy atom. The van der Waals surface area contributed by atoms with Gasteiger partial charge in [0, 0.05) is 10.5 Å². The van der Waals surface area contributed by atoms with E-state index in [9.17, 15) is 0 Å². The Bertz CT molecular complexity index is 661. The third-order valence-electron chi connectivity index (χ3n) is 4.93. The van der Waals surface area contributed by atoms with Gasteiger partial charge in [-0.3, -0.25) is 0 Å². The van der Waals surface area contributed by atoms with Gasteiger partial charge in [-0.2, -0.15) is 11.8 Å². The van der Waals surface area contributed by atoms with Crippen molar-refractivity contribution >= 4 is 11.8 Å². The van der Waals surface area contributed by atoms with Gasteiger partial charge in [-0.05, 0) is 67.3 Å². The summed E-state index contributed by atoms with van der Waals surface area (Å²) >= 11 is 2.00. The number of hydrogen-bond acceptors (Lipinski definition) is 2. The maximum atomic E-state index is 6.05. The van der Waals surface area contributed by atoms with Crippen LogP contribution in [0.25, 0.3) is 0 Å². The zero-order valence-corrected chi connectivity index (χ0v) is 17.3. The van der Waals surface area contributed by atoms with Gasteiger partial charge in [0.25, 0.3) is 0 Å². The largest absolute Gasteiger partial charge is 0.490 e. The van der Waals surface area contributed by atoms with Crippen LogP contribution in [0.1, 0.15) is 63.1 Å². The number of rotatable bonds is 7. The Morgan fingerprint density at radius 3 is 1.85 bits per heavy atom. The highest BCUT2D eigenvalue weighted by molar-refractivity contribution is 7.99. The van der Waals surface area contributed by atoms with E-state index in [-0.39, 0.29) is 0 Å². The van der Waals surface area contributed by atoms with Gasteiger partial charge < -0.3 is 4.74 Å². The van der Waals surface area contributed by atoms with Crippen molar-refractivity contribution in [3.05, 3.63) is 65.2 Å². The van der Waals surface area contributed by atoms with Crippen molar-refractivity contribution in [2.75, 3.05) is 0 Å². The molecule has 0 amide bonds. The third-order valence-corrected chi connectivity index (χ3v) is 6.27. The van der Waals surface area contributed by atoms with Crippen molar-refractivity contribution < 1.29 is 4.74 Å². The lowest BCUT2D eigenvalue weighted by Crippen LogP contribution is -2.10. The first-order valence-electron chi connectivity index (χ1n) is 9.95. The van der Waals surface area contributed by atoms with E-state index in [0.29, 0.717) is 10.9 Å². The van der Waals surface area contributed by atoms with Gasteiger partial charge in [0.2, 0.25) is 0 Å². The fourth-order valence-electron chi connectivity index (χ4n) is 3.32. The summed E-state index contributed by atoms with van der Waals surface area (Å²) in [6.45, 7) is 6.82. The molecule has 0 unspecified atom stereocenters. The number of benzene rings is 2. The maximum absolute atomic E-state index is 6.05. The number of ether oxygens (including phenoxy) is 1. The summed E-state index contributed by atoms with van der Waals surface area (Å²) in [5.74, 6) is 2.12. The molecule has 3 rings (SSSR count). The van der Waals surface area contributed by atoms with Crippen LogP contribution in [0, 0.1) is 0 Å². The molecule has 26 heavy (non-hydrogen) atoms. The average Bonchev–Trinajstić information content (AvgIpc) is 3.13. The van der Waals surface area contributed by atoms with E-state index < -0.39 is 0 Å². The topological polar surface area (TPSA) is 9.23 Å². The second-order valence-electron chi connectivity index (χ2n) is 8.39. The van der Waals surface area contributed by atoms with Gasteiger partial charge in [0.15, 0.2) is 0 Å². The smallest absolute Gasteiger partial charge is 0.119 e. The summed E-state index contributed by atoms with van der Waals surface area (Å²) in [5.41, 5.74) is 4.22. The van der Waals surface area contributed by atoms with Crippen LogP contribution in [0.3, 0.4) is 0 Å². The highest BCUT2D eigenvalue weighted by Crippen LogP contribution is 2.27. The van der Waals surface area contributed by atoms with Crippen LogP contribution >= 0.6 is 11.8 Å². The fraction of sp³-hybridized carbons (Fsp3) is 0.500. The molecule has 0 aliphatic heterocycles. The van der Waals surface area contributed by atoms with Gasteiger partial charge in [0.05, 0.1) is 6.10 Å². The van der Waals surface area contributed by atoms with Gasteiger partial charge in [0.1, 0.15) is 5.75 Å². The Kier molecular flexibility index (Phi) is 6.69. The van der Waals surface area contributed by atoms with E-state index in [2.05, 4.69) is 69.3 Å². The molecule has 1 aliphatic rings. The summed E-state index contributed by atoms with van der Waals surface area (Å²) in [6.07, 6.45) is 7.68. The molecule has 0 N–H and O–H groups in total. The van der Waals surface area contributed by atoms with Gasteiger partial charge in [-0.15, -0.1) is 0 Å². The molecule has 2 aromatic rings. The summed E-state index contributed by atoms with van der Waals surface area (Å²) in [4.78, 5) is 0. The first kappa shape index (κ1) is 19.4. The molecule has 0 saturated heterocycles. The first-order valence-corrected chi connectivity index (χ1v) is 10.9. The highest BCUT2D eigenvalue weighted by Gasteiger charge is 2.16. The molecule has 0 spiro atoms.